The number of aromatic nitrogens is 2. The van der Waals surface area contributed by atoms with Crippen LogP contribution in [0.2, 0.25) is 0 Å². The summed E-state index contributed by atoms with van der Waals surface area (Å²) in [5.41, 5.74) is 2.56. The van der Waals surface area contributed by atoms with Crippen molar-refractivity contribution in [2.45, 2.75) is 6.92 Å². The molecule has 0 spiro atoms. The summed E-state index contributed by atoms with van der Waals surface area (Å²) in [5.74, 6) is 1.11. The predicted molar refractivity (Wildman–Crippen MR) is 99.0 cm³/mol. The largest absolute Gasteiger partial charge is 0.496 e. The maximum atomic E-state index is 12.3. The Bertz CT molecular complexity index is 898. The molecule has 0 saturated carbocycles. The van der Waals surface area contributed by atoms with Crippen LogP contribution in [0.5, 0.6) is 5.75 Å². The number of ether oxygens (including phenoxy) is 1. The van der Waals surface area contributed by atoms with Crippen molar-refractivity contribution in [1.29, 1.82) is 0 Å². The molecule has 1 amide bonds. The van der Waals surface area contributed by atoms with E-state index >= 15 is 0 Å². The minimum atomic E-state index is -0.233. The Morgan fingerprint density at radius 1 is 1.12 bits per heavy atom. The van der Waals surface area contributed by atoms with Crippen molar-refractivity contribution in [3.63, 3.8) is 0 Å². The standard InChI is InChI=1S/C20H19N3O2/c1-15-14-19(23(22-15)17-9-4-3-5-10-17)21-20(24)13-12-16-8-6-7-11-18(16)25-2/h3-14H,1-2H3,(H,21,24)/b13-12+. The number of rotatable bonds is 5. The van der Waals surface area contributed by atoms with Gasteiger partial charge in [-0.05, 0) is 31.2 Å². The molecule has 2 aromatic carbocycles. The Labute approximate surface area is 146 Å². The number of methoxy groups -OCH3 is 1. The molecule has 1 N–H and O–H groups in total. The van der Waals surface area contributed by atoms with E-state index in [4.69, 9.17) is 4.74 Å². The number of hydrogen-bond acceptors (Lipinski definition) is 3. The number of carbonyl (C=O) groups is 1. The maximum Gasteiger partial charge on any atom is 0.249 e. The van der Waals surface area contributed by atoms with Crippen LogP contribution in [0, 0.1) is 6.92 Å². The number of benzene rings is 2. The number of nitrogens with zero attached hydrogens (tertiary/aromatic N) is 2. The zero-order chi connectivity index (χ0) is 17.6. The zero-order valence-corrected chi connectivity index (χ0v) is 14.1. The van der Waals surface area contributed by atoms with E-state index in [0.29, 0.717) is 5.82 Å². The van der Waals surface area contributed by atoms with E-state index in [1.54, 1.807) is 17.9 Å². The first-order valence-electron chi connectivity index (χ1n) is 7.91. The van der Waals surface area contributed by atoms with E-state index in [0.717, 1.165) is 22.7 Å². The zero-order valence-electron chi connectivity index (χ0n) is 14.1. The number of carbonyl (C=O) groups excluding carboxylic acids is 1. The van der Waals surface area contributed by atoms with Crippen LogP contribution in [0.25, 0.3) is 11.8 Å². The van der Waals surface area contributed by atoms with Crippen molar-refractivity contribution >= 4 is 17.8 Å². The fourth-order valence-corrected chi connectivity index (χ4v) is 2.49. The monoisotopic (exact) mass is 333 g/mol. The van der Waals surface area contributed by atoms with Gasteiger partial charge in [-0.1, -0.05) is 36.4 Å². The molecule has 5 nitrogen and oxygen atoms in total. The van der Waals surface area contributed by atoms with E-state index in [2.05, 4.69) is 10.4 Å². The first kappa shape index (κ1) is 16.5. The second-order valence-electron chi connectivity index (χ2n) is 5.48. The van der Waals surface area contributed by atoms with Crippen molar-refractivity contribution in [2.24, 2.45) is 0 Å². The van der Waals surface area contributed by atoms with Gasteiger partial charge in [-0.15, -0.1) is 0 Å². The number of para-hydroxylation sites is 2. The van der Waals surface area contributed by atoms with Crippen molar-refractivity contribution < 1.29 is 9.53 Å². The van der Waals surface area contributed by atoms with Gasteiger partial charge in [0.2, 0.25) is 5.91 Å². The van der Waals surface area contributed by atoms with Gasteiger partial charge < -0.3 is 10.1 Å². The highest BCUT2D eigenvalue weighted by atomic mass is 16.5. The van der Waals surface area contributed by atoms with Crippen LogP contribution >= 0.6 is 0 Å². The second kappa shape index (κ2) is 7.49. The summed E-state index contributed by atoms with van der Waals surface area (Å²) >= 11 is 0. The molecule has 0 bridgehead atoms. The summed E-state index contributed by atoms with van der Waals surface area (Å²) in [6, 6.07) is 19.0. The average molecular weight is 333 g/mol. The number of amides is 1. The second-order valence-corrected chi connectivity index (χ2v) is 5.48. The smallest absolute Gasteiger partial charge is 0.249 e. The summed E-state index contributed by atoms with van der Waals surface area (Å²) in [5, 5.41) is 7.31. The quantitative estimate of drug-likeness (QED) is 0.722. The third-order valence-corrected chi connectivity index (χ3v) is 3.64. The topological polar surface area (TPSA) is 56.1 Å². The third kappa shape index (κ3) is 3.95. The first-order valence-corrected chi connectivity index (χ1v) is 7.91. The predicted octanol–water partition coefficient (Wildman–Crippen LogP) is 3.84. The summed E-state index contributed by atoms with van der Waals surface area (Å²) in [6.45, 7) is 1.89. The summed E-state index contributed by atoms with van der Waals surface area (Å²) in [4.78, 5) is 12.3. The molecule has 1 heterocycles. The fraction of sp³-hybridized carbons (Fsp3) is 0.100. The summed E-state index contributed by atoms with van der Waals surface area (Å²) in [6.07, 6.45) is 3.21. The van der Waals surface area contributed by atoms with Crippen LogP contribution in [0.4, 0.5) is 5.82 Å². The van der Waals surface area contributed by atoms with E-state index in [9.17, 15) is 4.79 Å². The highest BCUT2D eigenvalue weighted by Crippen LogP contribution is 2.19. The molecule has 0 fully saturated rings. The Kier molecular flexibility index (Phi) is 4.95. The Balaban J connectivity index is 1.79. The molecule has 25 heavy (non-hydrogen) atoms. The van der Waals surface area contributed by atoms with Gasteiger partial charge in [0.15, 0.2) is 0 Å². The highest BCUT2D eigenvalue weighted by molar-refractivity contribution is 6.01. The van der Waals surface area contributed by atoms with Crippen LogP contribution in [0.3, 0.4) is 0 Å². The lowest BCUT2D eigenvalue weighted by Gasteiger charge is -2.07. The Morgan fingerprint density at radius 3 is 2.60 bits per heavy atom. The SMILES string of the molecule is COc1ccccc1/C=C/C(=O)Nc1cc(C)nn1-c1ccccc1. The molecule has 3 aromatic rings. The van der Waals surface area contributed by atoms with E-state index < -0.39 is 0 Å². The molecular weight excluding hydrogens is 314 g/mol. The molecular formula is C20H19N3O2. The van der Waals surface area contributed by atoms with Gasteiger partial charge >= 0.3 is 0 Å². The molecule has 5 heteroatoms. The van der Waals surface area contributed by atoms with E-state index in [1.165, 1.54) is 6.08 Å². The van der Waals surface area contributed by atoms with Gasteiger partial charge in [-0.3, -0.25) is 4.79 Å². The summed E-state index contributed by atoms with van der Waals surface area (Å²) < 4.78 is 6.99. The van der Waals surface area contributed by atoms with Gasteiger partial charge in [-0.2, -0.15) is 5.10 Å². The normalized spacial score (nSPS) is 10.8. The molecule has 0 aliphatic rings. The maximum absolute atomic E-state index is 12.3. The van der Waals surface area contributed by atoms with E-state index in [-0.39, 0.29) is 5.91 Å². The van der Waals surface area contributed by atoms with Crippen LogP contribution in [0.15, 0.2) is 66.7 Å². The van der Waals surface area contributed by atoms with Crippen molar-refractivity contribution in [1.82, 2.24) is 9.78 Å². The van der Waals surface area contributed by atoms with Gasteiger partial charge in [0.25, 0.3) is 0 Å². The molecule has 0 radical (unpaired) electrons. The minimum absolute atomic E-state index is 0.233. The van der Waals surface area contributed by atoms with Crippen LogP contribution < -0.4 is 10.1 Å². The van der Waals surface area contributed by atoms with Crippen LogP contribution in [-0.4, -0.2) is 22.8 Å². The Morgan fingerprint density at radius 2 is 1.84 bits per heavy atom. The lowest BCUT2D eigenvalue weighted by atomic mass is 10.2. The van der Waals surface area contributed by atoms with Gasteiger partial charge in [-0.25, -0.2) is 4.68 Å². The summed E-state index contributed by atoms with van der Waals surface area (Å²) in [7, 11) is 1.61. The van der Waals surface area contributed by atoms with E-state index in [1.807, 2.05) is 67.6 Å². The first-order chi connectivity index (χ1) is 12.2. The molecule has 0 aliphatic carbocycles. The number of anilines is 1. The van der Waals surface area contributed by atoms with Gasteiger partial charge in [0, 0.05) is 17.7 Å². The molecule has 0 saturated heterocycles. The molecule has 0 aliphatic heterocycles. The molecule has 3 rings (SSSR count). The van der Waals surface area contributed by atoms with Crippen LogP contribution in [0.1, 0.15) is 11.3 Å². The Hall–Kier alpha value is -3.34. The van der Waals surface area contributed by atoms with Crippen molar-refractivity contribution in [2.75, 3.05) is 12.4 Å². The van der Waals surface area contributed by atoms with Crippen molar-refractivity contribution in [3.8, 4) is 11.4 Å². The lowest BCUT2D eigenvalue weighted by Crippen LogP contribution is -2.12. The van der Waals surface area contributed by atoms with Gasteiger partial charge in [0.1, 0.15) is 11.6 Å². The minimum Gasteiger partial charge on any atom is -0.496 e. The average Bonchev–Trinajstić information content (AvgIpc) is 3.01. The highest BCUT2D eigenvalue weighted by Gasteiger charge is 2.09. The molecule has 0 atom stereocenters. The van der Waals surface area contributed by atoms with Crippen molar-refractivity contribution in [3.05, 3.63) is 78.0 Å². The number of hydrogen-bond donors (Lipinski definition) is 1. The lowest BCUT2D eigenvalue weighted by molar-refractivity contribution is -0.111. The number of nitrogens with one attached hydrogen (secondary N) is 1. The molecule has 1 aromatic heterocycles. The van der Waals surface area contributed by atoms with Gasteiger partial charge in [0.05, 0.1) is 18.5 Å². The fourth-order valence-electron chi connectivity index (χ4n) is 2.49. The van der Waals surface area contributed by atoms with Crippen LogP contribution in [-0.2, 0) is 4.79 Å². The third-order valence-electron chi connectivity index (χ3n) is 3.64. The molecule has 126 valence electrons. The molecule has 0 unspecified atom stereocenters. The number of aryl methyl sites for hydroxylation is 1.